The standard InChI is InChI=1S/C15H21BrF2N2/c1-9-7-19-13(15(2,3)4)8-20(9)14-11(16)5-10(17)6-12(14)18/h5-6,9,13,19H,7-8H2,1-4H3. The first-order valence-corrected chi connectivity index (χ1v) is 7.64. The molecule has 1 aromatic carbocycles. The maximum absolute atomic E-state index is 14.2. The van der Waals surface area contributed by atoms with E-state index >= 15 is 0 Å². The molecule has 1 saturated heterocycles. The van der Waals surface area contributed by atoms with Gasteiger partial charge >= 0.3 is 0 Å². The van der Waals surface area contributed by atoms with Gasteiger partial charge in [-0.15, -0.1) is 0 Å². The molecule has 2 nitrogen and oxygen atoms in total. The van der Waals surface area contributed by atoms with Gasteiger partial charge in [0.15, 0.2) is 5.82 Å². The molecule has 20 heavy (non-hydrogen) atoms. The van der Waals surface area contributed by atoms with E-state index in [1.54, 1.807) is 0 Å². The zero-order chi connectivity index (χ0) is 15.1. The van der Waals surface area contributed by atoms with Crippen LogP contribution in [-0.2, 0) is 0 Å². The molecule has 1 aromatic rings. The average Bonchev–Trinajstić information content (AvgIpc) is 2.28. The molecule has 0 radical (unpaired) electrons. The Balaban J connectivity index is 2.35. The van der Waals surface area contributed by atoms with Gasteiger partial charge < -0.3 is 10.2 Å². The van der Waals surface area contributed by atoms with Crippen molar-refractivity contribution >= 4 is 21.6 Å². The highest BCUT2D eigenvalue weighted by Crippen LogP contribution is 2.34. The molecular formula is C15H21BrF2N2. The van der Waals surface area contributed by atoms with Crippen molar-refractivity contribution in [1.82, 2.24) is 5.32 Å². The molecule has 1 aliphatic heterocycles. The zero-order valence-corrected chi connectivity index (χ0v) is 13.9. The predicted octanol–water partition coefficient (Wildman–Crippen LogP) is 3.94. The molecule has 1 fully saturated rings. The molecule has 0 aromatic heterocycles. The van der Waals surface area contributed by atoms with E-state index in [9.17, 15) is 8.78 Å². The minimum atomic E-state index is -0.562. The van der Waals surface area contributed by atoms with Crippen molar-refractivity contribution in [2.75, 3.05) is 18.0 Å². The monoisotopic (exact) mass is 346 g/mol. The molecule has 112 valence electrons. The highest BCUT2D eigenvalue weighted by Gasteiger charge is 2.34. The minimum absolute atomic E-state index is 0.0847. The number of benzene rings is 1. The van der Waals surface area contributed by atoms with Gasteiger partial charge in [-0.2, -0.15) is 0 Å². The number of nitrogens with zero attached hydrogens (tertiary/aromatic N) is 1. The molecule has 2 rings (SSSR count). The normalized spacial score (nSPS) is 24.1. The molecule has 0 spiro atoms. The minimum Gasteiger partial charge on any atom is -0.363 e. The molecule has 5 heteroatoms. The van der Waals surface area contributed by atoms with E-state index in [4.69, 9.17) is 0 Å². The van der Waals surface area contributed by atoms with Crippen molar-refractivity contribution in [2.24, 2.45) is 5.41 Å². The summed E-state index contributed by atoms with van der Waals surface area (Å²) in [6.07, 6.45) is 0. The first-order valence-electron chi connectivity index (χ1n) is 6.84. The van der Waals surface area contributed by atoms with Gasteiger partial charge in [-0.3, -0.25) is 0 Å². The molecule has 2 atom stereocenters. The van der Waals surface area contributed by atoms with E-state index in [0.29, 0.717) is 16.7 Å². The van der Waals surface area contributed by atoms with Crippen LogP contribution < -0.4 is 10.2 Å². The summed E-state index contributed by atoms with van der Waals surface area (Å²) in [5.41, 5.74) is 0.538. The van der Waals surface area contributed by atoms with Gasteiger partial charge in [0.25, 0.3) is 0 Å². The van der Waals surface area contributed by atoms with Crippen LogP contribution >= 0.6 is 15.9 Å². The van der Waals surface area contributed by atoms with Crippen LogP contribution in [0.3, 0.4) is 0 Å². The van der Waals surface area contributed by atoms with Gasteiger partial charge in [0.2, 0.25) is 0 Å². The summed E-state index contributed by atoms with van der Waals surface area (Å²) in [5.74, 6) is -1.08. The lowest BCUT2D eigenvalue weighted by atomic mass is 9.84. The second-order valence-corrected chi connectivity index (χ2v) is 7.40. The molecule has 2 unspecified atom stereocenters. The summed E-state index contributed by atoms with van der Waals surface area (Å²) in [6, 6.07) is 2.68. The average molecular weight is 347 g/mol. The highest BCUT2D eigenvalue weighted by atomic mass is 79.9. The molecule has 1 aliphatic rings. The Bertz CT molecular complexity index is 476. The van der Waals surface area contributed by atoms with E-state index in [0.717, 1.165) is 12.6 Å². The fraction of sp³-hybridized carbons (Fsp3) is 0.600. The van der Waals surface area contributed by atoms with Gasteiger partial charge in [0.05, 0.1) is 5.69 Å². The number of halogens is 3. The van der Waals surface area contributed by atoms with Crippen molar-refractivity contribution in [2.45, 2.75) is 39.8 Å². The number of rotatable bonds is 1. The lowest BCUT2D eigenvalue weighted by Crippen LogP contribution is -2.60. The Hall–Kier alpha value is -0.680. The van der Waals surface area contributed by atoms with Crippen LogP contribution in [-0.4, -0.2) is 25.2 Å². The van der Waals surface area contributed by atoms with E-state index < -0.39 is 11.6 Å². The first kappa shape index (κ1) is 15.7. The molecule has 0 aliphatic carbocycles. The van der Waals surface area contributed by atoms with Crippen molar-refractivity contribution in [1.29, 1.82) is 0 Å². The molecule has 1 N–H and O–H groups in total. The number of anilines is 1. The van der Waals surface area contributed by atoms with Crippen molar-refractivity contribution in [3.05, 3.63) is 28.2 Å². The van der Waals surface area contributed by atoms with Crippen molar-refractivity contribution < 1.29 is 8.78 Å². The number of hydrogen-bond donors (Lipinski definition) is 1. The number of nitrogens with one attached hydrogen (secondary N) is 1. The quantitative estimate of drug-likeness (QED) is 0.828. The summed E-state index contributed by atoms with van der Waals surface area (Å²) in [4.78, 5) is 2.02. The van der Waals surface area contributed by atoms with Crippen LogP contribution in [0.5, 0.6) is 0 Å². The third-order valence-electron chi connectivity index (χ3n) is 3.89. The fourth-order valence-corrected chi connectivity index (χ4v) is 3.20. The van der Waals surface area contributed by atoms with E-state index in [1.165, 1.54) is 6.07 Å². The first-order chi connectivity index (χ1) is 9.20. The van der Waals surface area contributed by atoms with E-state index in [2.05, 4.69) is 42.0 Å². The largest absolute Gasteiger partial charge is 0.363 e. The second kappa shape index (κ2) is 5.60. The molecular weight excluding hydrogens is 326 g/mol. The second-order valence-electron chi connectivity index (χ2n) is 6.55. The van der Waals surface area contributed by atoms with Gasteiger partial charge in [-0.25, -0.2) is 8.78 Å². The van der Waals surface area contributed by atoms with Gasteiger partial charge in [0, 0.05) is 35.7 Å². The van der Waals surface area contributed by atoms with E-state index in [-0.39, 0.29) is 17.5 Å². The highest BCUT2D eigenvalue weighted by molar-refractivity contribution is 9.10. The predicted molar refractivity (Wildman–Crippen MR) is 82.1 cm³/mol. The van der Waals surface area contributed by atoms with Gasteiger partial charge in [-0.1, -0.05) is 20.8 Å². The Morgan fingerprint density at radius 2 is 1.95 bits per heavy atom. The topological polar surface area (TPSA) is 15.3 Å². The van der Waals surface area contributed by atoms with Crippen molar-refractivity contribution in [3.63, 3.8) is 0 Å². The third kappa shape index (κ3) is 3.14. The van der Waals surface area contributed by atoms with Crippen LogP contribution in [0.1, 0.15) is 27.7 Å². The van der Waals surface area contributed by atoms with Crippen LogP contribution in [0.4, 0.5) is 14.5 Å². The van der Waals surface area contributed by atoms with Crippen LogP contribution in [0.15, 0.2) is 16.6 Å². The summed E-state index contributed by atoms with van der Waals surface area (Å²) in [5, 5.41) is 3.51. The summed E-state index contributed by atoms with van der Waals surface area (Å²) in [6.45, 7) is 10.0. The number of hydrogen-bond acceptors (Lipinski definition) is 2. The lowest BCUT2D eigenvalue weighted by molar-refractivity contribution is 0.238. The third-order valence-corrected chi connectivity index (χ3v) is 4.49. The molecule has 0 bridgehead atoms. The maximum atomic E-state index is 14.2. The Kier molecular flexibility index (Phi) is 4.40. The summed E-state index contributed by atoms with van der Waals surface area (Å²) < 4.78 is 27.9. The Morgan fingerprint density at radius 1 is 1.30 bits per heavy atom. The smallest absolute Gasteiger partial charge is 0.150 e. The maximum Gasteiger partial charge on any atom is 0.150 e. The summed E-state index contributed by atoms with van der Waals surface area (Å²) >= 11 is 3.29. The van der Waals surface area contributed by atoms with Gasteiger partial charge in [-0.05, 0) is 34.3 Å². The molecule has 0 amide bonds. The molecule has 1 heterocycles. The number of piperazine rings is 1. The molecule has 0 saturated carbocycles. The summed E-state index contributed by atoms with van der Waals surface area (Å²) in [7, 11) is 0. The zero-order valence-electron chi connectivity index (χ0n) is 12.3. The SMILES string of the molecule is CC1CNC(C(C)(C)C)CN1c1c(F)cc(F)cc1Br. The lowest BCUT2D eigenvalue weighted by Gasteiger charge is -2.45. The Labute approximate surface area is 127 Å². The van der Waals surface area contributed by atoms with Crippen LogP contribution in [0, 0.1) is 17.0 Å². The van der Waals surface area contributed by atoms with Crippen LogP contribution in [0.2, 0.25) is 0 Å². The van der Waals surface area contributed by atoms with Crippen molar-refractivity contribution in [3.8, 4) is 0 Å². The fourth-order valence-electron chi connectivity index (χ4n) is 2.56. The van der Waals surface area contributed by atoms with Gasteiger partial charge in [0.1, 0.15) is 5.82 Å². The van der Waals surface area contributed by atoms with E-state index in [1.807, 2.05) is 11.8 Å². The van der Waals surface area contributed by atoms with Crippen LogP contribution in [0.25, 0.3) is 0 Å². The Morgan fingerprint density at radius 3 is 2.50 bits per heavy atom.